The summed E-state index contributed by atoms with van der Waals surface area (Å²) in [6.07, 6.45) is -1.65. The van der Waals surface area contributed by atoms with E-state index in [-0.39, 0.29) is 16.6 Å². The molecule has 17 heavy (non-hydrogen) atoms. The Labute approximate surface area is 106 Å². The van der Waals surface area contributed by atoms with E-state index in [9.17, 15) is 14.3 Å². The van der Waals surface area contributed by atoms with Crippen LogP contribution >= 0.6 is 15.9 Å². The van der Waals surface area contributed by atoms with Crippen molar-refractivity contribution >= 4 is 21.9 Å². The zero-order chi connectivity index (χ0) is 13.0. The Morgan fingerprint density at radius 2 is 2.18 bits per heavy atom. The van der Waals surface area contributed by atoms with Crippen molar-refractivity contribution < 1.29 is 23.8 Å². The summed E-state index contributed by atoms with van der Waals surface area (Å²) in [4.78, 5) is 11.2. The van der Waals surface area contributed by atoms with Crippen LogP contribution in [0.1, 0.15) is 17.2 Å². The van der Waals surface area contributed by atoms with Crippen molar-refractivity contribution in [1.29, 1.82) is 0 Å². The van der Waals surface area contributed by atoms with E-state index in [0.717, 1.165) is 7.11 Å². The van der Waals surface area contributed by atoms with E-state index in [2.05, 4.69) is 20.7 Å². The van der Waals surface area contributed by atoms with Gasteiger partial charge in [-0.3, -0.25) is 0 Å². The number of esters is 1. The fraction of sp³-hybridized carbons (Fsp3) is 0.364. The lowest BCUT2D eigenvalue weighted by molar-refractivity contribution is -0.150. The first-order valence-electron chi connectivity index (χ1n) is 4.74. The van der Waals surface area contributed by atoms with Crippen molar-refractivity contribution in [3.8, 4) is 0 Å². The highest BCUT2D eigenvalue weighted by Gasteiger charge is 2.23. The summed E-state index contributed by atoms with van der Waals surface area (Å²) < 4.78 is 23.1. The summed E-state index contributed by atoms with van der Waals surface area (Å²) in [5, 5.41) is 9.61. The SMILES string of the molecule is COCc1cc(Br)c(F)c(C(O)C(=O)OC)c1. The van der Waals surface area contributed by atoms with Gasteiger partial charge in [-0.2, -0.15) is 0 Å². The van der Waals surface area contributed by atoms with Crippen molar-refractivity contribution in [2.75, 3.05) is 14.2 Å². The van der Waals surface area contributed by atoms with E-state index in [0.29, 0.717) is 5.56 Å². The van der Waals surface area contributed by atoms with Gasteiger partial charge in [0.05, 0.1) is 18.2 Å². The van der Waals surface area contributed by atoms with E-state index in [1.165, 1.54) is 19.2 Å². The molecular formula is C11H12BrFO4. The second-order valence-corrected chi connectivity index (χ2v) is 4.19. The largest absolute Gasteiger partial charge is 0.467 e. The first kappa shape index (κ1) is 14.1. The number of ether oxygens (including phenoxy) is 2. The minimum atomic E-state index is -1.65. The zero-order valence-electron chi connectivity index (χ0n) is 9.37. The maximum atomic E-state index is 13.7. The first-order valence-corrected chi connectivity index (χ1v) is 5.53. The topological polar surface area (TPSA) is 55.8 Å². The Morgan fingerprint density at radius 1 is 1.53 bits per heavy atom. The summed E-state index contributed by atoms with van der Waals surface area (Å²) in [6.45, 7) is 0.250. The fourth-order valence-corrected chi connectivity index (χ4v) is 1.88. The number of aliphatic hydroxyl groups is 1. The van der Waals surface area contributed by atoms with Crippen LogP contribution in [0.5, 0.6) is 0 Å². The first-order chi connectivity index (χ1) is 8.01. The highest BCUT2D eigenvalue weighted by atomic mass is 79.9. The molecule has 1 rings (SSSR count). The molecule has 0 saturated heterocycles. The number of hydrogen-bond acceptors (Lipinski definition) is 4. The van der Waals surface area contributed by atoms with Crippen LogP contribution in [0.3, 0.4) is 0 Å². The maximum Gasteiger partial charge on any atom is 0.339 e. The Bertz CT molecular complexity index is 422. The number of carbonyl (C=O) groups excluding carboxylic acids is 1. The summed E-state index contributed by atoms with van der Waals surface area (Å²) in [5.74, 6) is -1.60. The van der Waals surface area contributed by atoms with Crippen LogP contribution in [0.25, 0.3) is 0 Å². The van der Waals surface area contributed by atoms with Crippen LogP contribution in [0.15, 0.2) is 16.6 Å². The van der Waals surface area contributed by atoms with Gasteiger partial charge in [-0.15, -0.1) is 0 Å². The van der Waals surface area contributed by atoms with Gasteiger partial charge >= 0.3 is 5.97 Å². The van der Waals surface area contributed by atoms with Gasteiger partial charge in [0.1, 0.15) is 5.82 Å². The highest BCUT2D eigenvalue weighted by molar-refractivity contribution is 9.10. The van der Waals surface area contributed by atoms with Gasteiger partial charge in [0.15, 0.2) is 6.10 Å². The van der Waals surface area contributed by atoms with Gasteiger partial charge in [-0.05, 0) is 33.6 Å². The lowest BCUT2D eigenvalue weighted by atomic mass is 10.1. The smallest absolute Gasteiger partial charge is 0.339 e. The molecule has 1 N–H and O–H groups in total. The third-order valence-electron chi connectivity index (χ3n) is 2.15. The molecule has 1 aromatic carbocycles. The van der Waals surface area contributed by atoms with Crippen LogP contribution in [-0.4, -0.2) is 25.3 Å². The second-order valence-electron chi connectivity index (χ2n) is 3.34. The van der Waals surface area contributed by atoms with Gasteiger partial charge < -0.3 is 14.6 Å². The molecule has 1 unspecified atom stereocenters. The molecule has 0 aliphatic rings. The summed E-state index contributed by atoms with van der Waals surface area (Å²) in [6, 6.07) is 2.89. The number of aliphatic hydroxyl groups excluding tert-OH is 1. The van der Waals surface area contributed by atoms with E-state index < -0.39 is 17.9 Å². The number of methoxy groups -OCH3 is 2. The molecule has 0 aliphatic carbocycles. The number of halogens is 2. The fourth-order valence-electron chi connectivity index (χ4n) is 1.36. The molecule has 0 bridgehead atoms. The molecule has 0 spiro atoms. The molecule has 1 atom stereocenters. The van der Waals surface area contributed by atoms with Crippen LogP contribution in [0.2, 0.25) is 0 Å². The molecule has 0 heterocycles. The normalized spacial score (nSPS) is 12.3. The van der Waals surface area contributed by atoms with Crippen molar-refractivity contribution in [3.05, 3.63) is 33.5 Å². The highest BCUT2D eigenvalue weighted by Crippen LogP contribution is 2.27. The predicted octanol–water partition coefficient (Wildman–Crippen LogP) is 1.94. The Balaban J connectivity index is 3.17. The molecule has 6 heteroatoms. The Hall–Kier alpha value is -0.980. The number of benzene rings is 1. The van der Waals surface area contributed by atoms with Crippen LogP contribution < -0.4 is 0 Å². The standard InChI is InChI=1S/C11H12BrFO4/c1-16-5-6-3-7(9(13)8(12)4-6)10(14)11(15)17-2/h3-4,10,14H,5H2,1-2H3. The minimum absolute atomic E-state index is 0.140. The van der Waals surface area contributed by atoms with Gasteiger partial charge in [0.25, 0.3) is 0 Å². The summed E-state index contributed by atoms with van der Waals surface area (Å²) in [5.41, 5.74) is 0.497. The number of hydrogen-bond donors (Lipinski definition) is 1. The lowest BCUT2D eigenvalue weighted by Crippen LogP contribution is -2.15. The molecule has 0 radical (unpaired) electrons. The molecule has 94 valence electrons. The number of rotatable bonds is 4. The maximum absolute atomic E-state index is 13.7. The van der Waals surface area contributed by atoms with E-state index in [1.807, 2.05) is 0 Å². The lowest BCUT2D eigenvalue weighted by Gasteiger charge is -2.12. The predicted molar refractivity (Wildman–Crippen MR) is 61.8 cm³/mol. The third-order valence-corrected chi connectivity index (χ3v) is 2.72. The van der Waals surface area contributed by atoms with Gasteiger partial charge in [0.2, 0.25) is 0 Å². The quantitative estimate of drug-likeness (QED) is 0.864. The average molecular weight is 307 g/mol. The Morgan fingerprint density at radius 3 is 2.71 bits per heavy atom. The zero-order valence-corrected chi connectivity index (χ0v) is 11.0. The molecular weight excluding hydrogens is 295 g/mol. The van der Waals surface area contributed by atoms with Crippen molar-refractivity contribution in [2.45, 2.75) is 12.7 Å². The molecule has 1 aromatic rings. The van der Waals surface area contributed by atoms with Gasteiger partial charge in [0, 0.05) is 12.7 Å². The van der Waals surface area contributed by atoms with Gasteiger partial charge in [-0.1, -0.05) is 0 Å². The van der Waals surface area contributed by atoms with E-state index in [4.69, 9.17) is 4.74 Å². The Kier molecular flexibility index (Phi) is 5.04. The van der Waals surface area contributed by atoms with E-state index >= 15 is 0 Å². The third kappa shape index (κ3) is 3.24. The molecule has 0 amide bonds. The van der Waals surface area contributed by atoms with Crippen LogP contribution in [0, 0.1) is 5.82 Å². The molecule has 0 aromatic heterocycles. The minimum Gasteiger partial charge on any atom is -0.467 e. The average Bonchev–Trinajstić information content (AvgIpc) is 2.32. The molecule has 0 saturated carbocycles. The van der Waals surface area contributed by atoms with Gasteiger partial charge in [-0.25, -0.2) is 9.18 Å². The molecule has 0 aliphatic heterocycles. The van der Waals surface area contributed by atoms with Crippen molar-refractivity contribution in [3.63, 3.8) is 0 Å². The van der Waals surface area contributed by atoms with Crippen LogP contribution in [-0.2, 0) is 20.9 Å². The summed E-state index contributed by atoms with van der Waals surface area (Å²) in [7, 11) is 2.62. The molecule has 4 nitrogen and oxygen atoms in total. The summed E-state index contributed by atoms with van der Waals surface area (Å²) >= 11 is 3.01. The van der Waals surface area contributed by atoms with Crippen LogP contribution in [0.4, 0.5) is 4.39 Å². The van der Waals surface area contributed by atoms with Crippen molar-refractivity contribution in [1.82, 2.24) is 0 Å². The monoisotopic (exact) mass is 306 g/mol. The number of carbonyl (C=O) groups is 1. The van der Waals surface area contributed by atoms with E-state index in [1.54, 1.807) is 0 Å². The second kappa shape index (κ2) is 6.09. The molecule has 0 fully saturated rings. The van der Waals surface area contributed by atoms with Crippen molar-refractivity contribution in [2.24, 2.45) is 0 Å².